The van der Waals surface area contributed by atoms with Gasteiger partial charge in [-0.3, -0.25) is 0 Å². The summed E-state index contributed by atoms with van der Waals surface area (Å²) in [5, 5.41) is 11.4. The lowest BCUT2D eigenvalue weighted by atomic mass is 9.96. The zero-order valence-electron chi connectivity index (χ0n) is 14.8. The van der Waals surface area contributed by atoms with Gasteiger partial charge < -0.3 is 10.6 Å². The Balaban J connectivity index is 0.00000225. The van der Waals surface area contributed by atoms with Gasteiger partial charge in [0.05, 0.1) is 18.4 Å². The third-order valence-corrected chi connectivity index (χ3v) is 4.37. The van der Waals surface area contributed by atoms with Gasteiger partial charge in [0.1, 0.15) is 0 Å². The predicted molar refractivity (Wildman–Crippen MR) is 114 cm³/mol. The van der Waals surface area contributed by atoms with Crippen LogP contribution in [0.15, 0.2) is 47.7 Å². The number of aliphatic imine (C=N–C) groups is 1. The van der Waals surface area contributed by atoms with Crippen molar-refractivity contribution in [1.82, 2.24) is 20.4 Å². The number of nitrogens with one attached hydrogen (secondary N) is 2. The van der Waals surface area contributed by atoms with Gasteiger partial charge in [-0.05, 0) is 31.9 Å². The van der Waals surface area contributed by atoms with E-state index in [1.807, 2.05) is 35.3 Å². The minimum Gasteiger partial charge on any atom is -0.357 e. The third-order valence-electron chi connectivity index (χ3n) is 4.37. The van der Waals surface area contributed by atoms with E-state index in [0.717, 1.165) is 23.8 Å². The molecule has 2 N–H and O–H groups in total. The summed E-state index contributed by atoms with van der Waals surface area (Å²) in [5.41, 5.74) is 2.18. The van der Waals surface area contributed by atoms with Crippen molar-refractivity contribution in [3.05, 3.63) is 48.3 Å². The second-order valence-corrected chi connectivity index (χ2v) is 6.30. The Kier molecular flexibility index (Phi) is 8.24. The Hall–Kier alpha value is -1.57. The van der Waals surface area contributed by atoms with Crippen LogP contribution in [0.25, 0.3) is 5.69 Å². The minimum atomic E-state index is 0. The quantitative estimate of drug-likeness (QED) is 0.411. The first-order valence-corrected chi connectivity index (χ1v) is 8.99. The summed E-state index contributed by atoms with van der Waals surface area (Å²) in [6.07, 6.45) is 10.4. The van der Waals surface area contributed by atoms with E-state index in [1.54, 1.807) is 0 Å². The van der Waals surface area contributed by atoms with E-state index in [4.69, 9.17) is 4.99 Å². The van der Waals surface area contributed by atoms with Crippen LogP contribution in [0.5, 0.6) is 0 Å². The summed E-state index contributed by atoms with van der Waals surface area (Å²) in [6, 6.07) is 10.7. The highest BCUT2D eigenvalue weighted by molar-refractivity contribution is 14.0. The minimum absolute atomic E-state index is 0. The summed E-state index contributed by atoms with van der Waals surface area (Å²) in [5.74, 6) is 0.914. The van der Waals surface area contributed by atoms with Crippen molar-refractivity contribution < 1.29 is 0 Å². The van der Waals surface area contributed by atoms with Gasteiger partial charge in [0.15, 0.2) is 5.96 Å². The maximum atomic E-state index is 4.73. The maximum Gasteiger partial charge on any atom is 0.191 e. The number of hydrogen-bond acceptors (Lipinski definition) is 2. The van der Waals surface area contributed by atoms with E-state index in [2.05, 4.69) is 34.8 Å². The van der Waals surface area contributed by atoms with Crippen LogP contribution in [-0.4, -0.2) is 28.3 Å². The number of aromatic nitrogens is 2. The van der Waals surface area contributed by atoms with E-state index in [0.29, 0.717) is 12.6 Å². The van der Waals surface area contributed by atoms with Crippen LogP contribution >= 0.6 is 24.0 Å². The van der Waals surface area contributed by atoms with E-state index in [-0.39, 0.29) is 24.0 Å². The molecule has 1 aromatic carbocycles. The summed E-state index contributed by atoms with van der Waals surface area (Å²) in [7, 11) is 0. The molecule has 2 aromatic rings. The number of para-hydroxylation sites is 1. The number of rotatable bonds is 5. The average Bonchev–Trinajstić information content (AvgIpc) is 3.11. The van der Waals surface area contributed by atoms with E-state index in [9.17, 15) is 0 Å². The molecule has 0 amide bonds. The van der Waals surface area contributed by atoms with Crippen molar-refractivity contribution in [1.29, 1.82) is 0 Å². The van der Waals surface area contributed by atoms with Crippen molar-refractivity contribution in [3.63, 3.8) is 0 Å². The molecular formula is C19H28IN5. The Morgan fingerprint density at radius 1 is 1.20 bits per heavy atom. The summed E-state index contributed by atoms with van der Waals surface area (Å²) >= 11 is 0. The Labute approximate surface area is 167 Å². The van der Waals surface area contributed by atoms with Crippen molar-refractivity contribution in [2.45, 2.75) is 51.6 Å². The van der Waals surface area contributed by atoms with Crippen molar-refractivity contribution in [2.75, 3.05) is 6.54 Å². The van der Waals surface area contributed by atoms with Crippen LogP contribution in [0.4, 0.5) is 0 Å². The monoisotopic (exact) mass is 453 g/mol. The molecule has 1 saturated carbocycles. The fourth-order valence-corrected chi connectivity index (χ4v) is 3.09. The topological polar surface area (TPSA) is 54.2 Å². The summed E-state index contributed by atoms with van der Waals surface area (Å²) < 4.78 is 1.90. The number of hydrogen-bond donors (Lipinski definition) is 2. The lowest BCUT2D eigenvalue weighted by molar-refractivity contribution is 0.410. The van der Waals surface area contributed by atoms with Gasteiger partial charge >= 0.3 is 0 Å². The van der Waals surface area contributed by atoms with E-state index < -0.39 is 0 Å². The molecule has 1 aromatic heterocycles. The number of guanidine groups is 1. The van der Waals surface area contributed by atoms with Crippen LogP contribution in [0.3, 0.4) is 0 Å². The van der Waals surface area contributed by atoms with E-state index in [1.165, 1.54) is 32.1 Å². The lowest BCUT2D eigenvalue weighted by Crippen LogP contribution is -2.44. The van der Waals surface area contributed by atoms with Crippen molar-refractivity contribution in [3.8, 4) is 5.69 Å². The second kappa shape index (κ2) is 10.4. The number of halogens is 1. The fraction of sp³-hybridized carbons (Fsp3) is 0.474. The molecule has 0 radical (unpaired) electrons. The van der Waals surface area contributed by atoms with Crippen LogP contribution in [0, 0.1) is 0 Å². The molecule has 3 rings (SSSR count). The molecule has 1 fully saturated rings. The van der Waals surface area contributed by atoms with Gasteiger partial charge in [-0.15, -0.1) is 24.0 Å². The highest BCUT2D eigenvalue weighted by Crippen LogP contribution is 2.17. The zero-order chi connectivity index (χ0) is 16.6. The van der Waals surface area contributed by atoms with Gasteiger partial charge in [-0.1, -0.05) is 37.5 Å². The Morgan fingerprint density at radius 2 is 1.96 bits per heavy atom. The lowest BCUT2D eigenvalue weighted by Gasteiger charge is -2.24. The van der Waals surface area contributed by atoms with Crippen molar-refractivity contribution >= 4 is 29.9 Å². The highest BCUT2D eigenvalue weighted by Gasteiger charge is 2.14. The number of nitrogens with zero attached hydrogens (tertiary/aromatic N) is 3. The average molecular weight is 453 g/mol. The highest BCUT2D eigenvalue weighted by atomic mass is 127. The fourth-order valence-electron chi connectivity index (χ4n) is 3.09. The summed E-state index contributed by atoms with van der Waals surface area (Å²) in [6.45, 7) is 3.61. The Morgan fingerprint density at radius 3 is 2.68 bits per heavy atom. The molecule has 136 valence electrons. The van der Waals surface area contributed by atoms with Crippen molar-refractivity contribution in [2.24, 2.45) is 4.99 Å². The first kappa shape index (κ1) is 19.8. The largest absolute Gasteiger partial charge is 0.357 e. The molecular weight excluding hydrogens is 425 g/mol. The molecule has 1 heterocycles. The van der Waals surface area contributed by atoms with Gasteiger partial charge in [-0.2, -0.15) is 5.10 Å². The van der Waals surface area contributed by atoms with Gasteiger partial charge in [0, 0.05) is 24.3 Å². The smallest absolute Gasteiger partial charge is 0.191 e. The Bertz CT molecular complexity index is 647. The first-order chi connectivity index (χ1) is 11.8. The molecule has 1 aliphatic carbocycles. The molecule has 6 heteroatoms. The van der Waals surface area contributed by atoms with Crippen LogP contribution < -0.4 is 10.6 Å². The first-order valence-electron chi connectivity index (χ1n) is 8.99. The normalized spacial score (nSPS) is 15.5. The molecule has 0 unspecified atom stereocenters. The van der Waals surface area contributed by atoms with E-state index >= 15 is 0 Å². The van der Waals surface area contributed by atoms with Crippen LogP contribution in [0.1, 0.15) is 44.6 Å². The molecule has 25 heavy (non-hydrogen) atoms. The molecule has 0 spiro atoms. The maximum absolute atomic E-state index is 4.73. The third kappa shape index (κ3) is 6.02. The van der Waals surface area contributed by atoms with Gasteiger partial charge in [0.2, 0.25) is 0 Å². The summed E-state index contributed by atoms with van der Waals surface area (Å²) in [4.78, 5) is 4.73. The molecule has 0 saturated heterocycles. The molecule has 0 bridgehead atoms. The number of benzene rings is 1. The SMILES string of the molecule is CCNC(=NCc1cnn(-c2ccccc2)c1)NC1CCCCC1.I. The standard InChI is InChI=1S/C19H27N5.HI/c1-2-20-19(23-17-9-5-3-6-10-17)21-13-16-14-22-24(15-16)18-11-7-4-8-12-18;/h4,7-8,11-12,14-15,17H,2-3,5-6,9-10,13H2,1H3,(H2,20,21,23);1H. The van der Waals surface area contributed by atoms with Crippen LogP contribution in [-0.2, 0) is 6.54 Å². The molecule has 1 aliphatic rings. The van der Waals surface area contributed by atoms with Gasteiger partial charge in [-0.25, -0.2) is 9.67 Å². The van der Waals surface area contributed by atoms with Crippen LogP contribution in [0.2, 0.25) is 0 Å². The zero-order valence-corrected chi connectivity index (χ0v) is 17.1. The molecule has 5 nitrogen and oxygen atoms in total. The second-order valence-electron chi connectivity index (χ2n) is 6.30. The van der Waals surface area contributed by atoms with Gasteiger partial charge in [0.25, 0.3) is 0 Å². The molecule has 0 atom stereocenters. The molecule has 0 aliphatic heterocycles. The predicted octanol–water partition coefficient (Wildman–Crippen LogP) is 3.88.